The van der Waals surface area contributed by atoms with E-state index in [4.69, 9.17) is 0 Å². The first kappa shape index (κ1) is 38.9. The van der Waals surface area contributed by atoms with Gasteiger partial charge in [0, 0.05) is 0 Å². The van der Waals surface area contributed by atoms with Gasteiger partial charge in [0.25, 0.3) is 0 Å². The summed E-state index contributed by atoms with van der Waals surface area (Å²) in [6.07, 6.45) is 0. The van der Waals surface area contributed by atoms with Gasteiger partial charge in [-0.15, -0.1) is 0 Å². The zero-order valence-corrected chi connectivity index (χ0v) is 8.54. The second-order valence-electron chi connectivity index (χ2n) is 0. The second-order valence-corrected chi connectivity index (χ2v) is 0. The smallest absolute Gasteiger partial charge is 1.00 e. The predicted octanol–water partition coefficient (Wildman–Crippen LogP) is -5.20. The van der Waals surface area contributed by atoms with Gasteiger partial charge in [-0.1, -0.05) is 0 Å². The van der Waals surface area contributed by atoms with Crippen molar-refractivity contribution in [2.75, 3.05) is 0 Å². The molecule has 0 fully saturated rings. The van der Waals surface area contributed by atoms with E-state index in [1.54, 1.807) is 0 Å². The molecule has 0 aliphatic heterocycles. The summed E-state index contributed by atoms with van der Waals surface area (Å²) in [7, 11) is 0. The molecule has 24 valence electrons. The average Bonchev–Trinajstić information content (AvgIpc) is 0. The molecule has 0 aliphatic carbocycles. The third kappa shape index (κ3) is 18.5. The van der Waals surface area contributed by atoms with Gasteiger partial charge in [0.2, 0.25) is 0 Å². The monoisotopic (exact) mass is 140 g/mol. The predicted molar refractivity (Wildman–Crippen MR) is 30.6 cm³/mol. The van der Waals surface area contributed by atoms with E-state index in [-0.39, 0.29) is 120 Å². The third-order valence-corrected chi connectivity index (χ3v) is 0. The van der Waals surface area contributed by atoms with Crippen molar-refractivity contribution in [2.24, 2.45) is 0 Å². The first-order chi connectivity index (χ1) is 0. The molecule has 0 rings (SSSR count). The van der Waals surface area contributed by atoms with Crippen LogP contribution in [0.5, 0.6) is 0 Å². The van der Waals surface area contributed by atoms with Crippen LogP contribution >= 0.6 is 0 Å². The molecule has 0 aliphatic rings. The fraction of sp³-hybridized carbons (Fsp3) is 0. The van der Waals surface area contributed by atoms with Crippen LogP contribution in [0.3, 0.4) is 0 Å². The van der Waals surface area contributed by atoms with Crippen LogP contribution < -0.4 is 29.6 Å². The zero-order valence-electron chi connectivity index (χ0n) is 7.91. The van der Waals surface area contributed by atoms with Crippen molar-refractivity contribution >= 4 is 78.2 Å². The summed E-state index contributed by atoms with van der Waals surface area (Å²) < 4.78 is 0. The summed E-state index contributed by atoms with van der Waals surface area (Å²) in [5.74, 6) is 0. The van der Waals surface area contributed by atoms with Crippen molar-refractivity contribution in [3.63, 3.8) is 0 Å². The summed E-state index contributed by atoms with van der Waals surface area (Å²) in [4.78, 5) is 0. The molecule has 0 aromatic heterocycles. The minimum absolute atomic E-state index is 0. The van der Waals surface area contributed by atoms with Crippen molar-refractivity contribution in [3.8, 4) is 0 Å². The molecule has 0 amide bonds. The number of rotatable bonds is 0. The largest absolute Gasteiger partial charge is 2.00 e. The third-order valence-electron chi connectivity index (χ3n) is 0. The maximum Gasteiger partial charge on any atom is 2.00 e. The molecule has 0 saturated carbocycles. The van der Waals surface area contributed by atoms with Crippen molar-refractivity contribution < 1.29 is 42.2 Å². The van der Waals surface area contributed by atoms with E-state index in [1.807, 2.05) is 0 Å². The molecule has 5 heavy (non-hydrogen) atoms. The summed E-state index contributed by atoms with van der Waals surface area (Å²) >= 11 is 0. The Morgan fingerprint density at radius 1 is 1.20 bits per heavy atom. The van der Waals surface area contributed by atoms with E-state index in [9.17, 15) is 0 Å². The maximum atomic E-state index is 0. The van der Waals surface area contributed by atoms with E-state index in [1.165, 1.54) is 0 Å². The van der Waals surface area contributed by atoms with E-state index in [2.05, 4.69) is 0 Å². The SMILES string of the molecule is O.[AlH3].[Ca+2].[H-].[H-].[H-].[H-].[H-].[Mg+2].[Na+]. The Labute approximate surface area is 118 Å². The molecule has 0 bridgehead atoms. The normalized spacial score (nSPS) is 0. The van der Waals surface area contributed by atoms with Crippen LogP contribution in [-0.2, 0) is 0 Å². The first-order valence-corrected chi connectivity index (χ1v) is 0. The van der Waals surface area contributed by atoms with Gasteiger partial charge < -0.3 is 12.6 Å². The molecule has 0 radical (unpaired) electrons. The molecular formula is H10AlCaMgNaO. The standard InChI is InChI=1S/Al.Ca.Mg.Na.H2O.8H/h;;;;1H2;;;;;;;;/q;2*+2;+1;;;;;5*-1. The maximum absolute atomic E-state index is 0. The van der Waals surface area contributed by atoms with Crippen LogP contribution in [0, 0.1) is 0 Å². The molecule has 0 aromatic carbocycles. The molecule has 0 atom stereocenters. The zero-order chi connectivity index (χ0) is 0. The van der Waals surface area contributed by atoms with E-state index in [0.717, 1.165) is 0 Å². The molecule has 0 saturated heterocycles. The van der Waals surface area contributed by atoms with E-state index >= 15 is 0 Å². The van der Waals surface area contributed by atoms with Gasteiger partial charge in [-0.3, -0.25) is 0 Å². The van der Waals surface area contributed by atoms with Gasteiger partial charge in [0.1, 0.15) is 0 Å². The molecule has 0 unspecified atom stereocenters. The van der Waals surface area contributed by atoms with Gasteiger partial charge in [-0.05, 0) is 0 Å². The van der Waals surface area contributed by atoms with Crippen LogP contribution in [0.25, 0.3) is 0 Å². The van der Waals surface area contributed by atoms with Gasteiger partial charge in [-0.2, -0.15) is 0 Å². The number of hydrogen-bond acceptors (Lipinski definition) is 0. The fourth-order valence-electron chi connectivity index (χ4n) is 0. The molecule has 0 aromatic rings. The van der Waals surface area contributed by atoms with Crippen LogP contribution in [0.4, 0.5) is 0 Å². The Morgan fingerprint density at radius 2 is 1.20 bits per heavy atom. The molecule has 1 nitrogen and oxygen atoms in total. The molecule has 0 spiro atoms. The van der Waals surface area contributed by atoms with Gasteiger partial charge in [-0.25, -0.2) is 0 Å². The minimum atomic E-state index is 0. The van der Waals surface area contributed by atoms with Crippen molar-refractivity contribution in [3.05, 3.63) is 0 Å². The van der Waals surface area contributed by atoms with Gasteiger partial charge in [0.05, 0.1) is 0 Å². The summed E-state index contributed by atoms with van der Waals surface area (Å²) in [6.45, 7) is 0. The second kappa shape index (κ2) is 25.8. The summed E-state index contributed by atoms with van der Waals surface area (Å²) in [5.41, 5.74) is 0. The molecule has 0 heterocycles. The van der Waals surface area contributed by atoms with Crippen LogP contribution in [0.1, 0.15) is 7.13 Å². The van der Waals surface area contributed by atoms with Gasteiger partial charge >= 0.3 is 90.3 Å². The molecular weight excluding hydrogens is 130 g/mol. The minimum Gasteiger partial charge on any atom is -1.00 e. The van der Waals surface area contributed by atoms with Crippen molar-refractivity contribution in [2.45, 2.75) is 0 Å². The average molecular weight is 140 g/mol. The van der Waals surface area contributed by atoms with Gasteiger partial charge in [0.15, 0.2) is 17.4 Å². The van der Waals surface area contributed by atoms with E-state index < -0.39 is 0 Å². The van der Waals surface area contributed by atoms with E-state index in [0.29, 0.717) is 0 Å². The summed E-state index contributed by atoms with van der Waals surface area (Å²) in [6, 6.07) is 0. The Bertz CT molecular complexity index is 21.6. The van der Waals surface area contributed by atoms with Crippen molar-refractivity contribution in [1.82, 2.24) is 0 Å². The van der Waals surface area contributed by atoms with Crippen LogP contribution in [0.2, 0.25) is 0 Å². The van der Waals surface area contributed by atoms with Crippen LogP contribution in [-0.4, -0.2) is 83.6 Å². The summed E-state index contributed by atoms with van der Waals surface area (Å²) in [5, 5.41) is 0. The number of hydrogen-bond donors (Lipinski definition) is 0. The Balaban J connectivity index is 0. The Hall–Kier alpha value is 3.52. The first-order valence-electron chi connectivity index (χ1n) is 0. The quantitative estimate of drug-likeness (QED) is 0.301. The molecule has 2 N–H and O–H groups in total. The Kier molecular flexibility index (Phi) is 201. The fourth-order valence-corrected chi connectivity index (χ4v) is 0. The van der Waals surface area contributed by atoms with Crippen molar-refractivity contribution in [1.29, 1.82) is 0 Å². The molecule has 5 heteroatoms. The topological polar surface area (TPSA) is 31.5 Å². The van der Waals surface area contributed by atoms with Crippen LogP contribution in [0.15, 0.2) is 0 Å². The Morgan fingerprint density at radius 3 is 1.20 bits per heavy atom.